The van der Waals surface area contributed by atoms with Gasteiger partial charge in [0.25, 0.3) is 0 Å². The van der Waals surface area contributed by atoms with Crippen LogP contribution in [0.5, 0.6) is 0 Å². The largest absolute Gasteiger partial charge is 0.204 e. The molecule has 0 amide bonds. The minimum absolute atomic E-state index is 0.0660. The molecule has 4 aromatic carbocycles. The predicted molar refractivity (Wildman–Crippen MR) is 81.5 cm³/mol. The van der Waals surface area contributed by atoms with Crippen LogP contribution in [0.25, 0.3) is 21.9 Å². The number of benzene rings is 2. The third-order valence-electron chi connectivity index (χ3n) is 3.78. The second-order valence-electron chi connectivity index (χ2n) is 5.20. The maximum absolute atomic E-state index is 13.9. The smallest absolute Gasteiger partial charge is 0.157 e. The van der Waals surface area contributed by atoms with Crippen molar-refractivity contribution in [3.05, 3.63) is 59.4 Å². The molecule has 0 saturated carbocycles. The Morgan fingerprint density at radius 1 is 1.19 bits per heavy atom. The highest BCUT2D eigenvalue weighted by molar-refractivity contribution is 5.92. The monoisotopic (exact) mass is 275 g/mol. The zero-order chi connectivity index (χ0) is 14.8. The number of nitrogens with zero attached hydrogens (tertiary/aromatic N) is 1. The standard InChI is InChI=1S/C19H14FN/c1-2-3-4-13-5-7-14(8-6-13)17-11-15-9-10-16(17)18(12-21)19(15)20/h5-8,11H,2-4H2,1H3. The first kappa shape index (κ1) is 13.4. The van der Waals surface area contributed by atoms with E-state index in [9.17, 15) is 4.39 Å². The van der Waals surface area contributed by atoms with Gasteiger partial charge in [-0.05, 0) is 30.0 Å². The van der Waals surface area contributed by atoms with Gasteiger partial charge in [0.1, 0.15) is 11.6 Å². The Morgan fingerprint density at radius 2 is 1.95 bits per heavy atom. The van der Waals surface area contributed by atoms with E-state index in [0.29, 0.717) is 10.8 Å². The van der Waals surface area contributed by atoms with E-state index in [1.807, 2.05) is 18.2 Å². The molecule has 0 aliphatic heterocycles. The van der Waals surface area contributed by atoms with E-state index in [1.165, 1.54) is 18.4 Å². The van der Waals surface area contributed by atoms with Crippen molar-refractivity contribution in [2.75, 3.05) is 0 Å². The average molecular weight is 275 g/mol. The van der Waals surface area contributed by atoms with Crippen LogP contribution in [0.4, 0.5) is 4.39 Å². The molecule has 102 valence electrons. The van der Waals surface area contributed by atoms with E-state index in [2.05, 4.69) is 31.2 Å². The average Bonchev–Trinajstić information content (AvgIpc) is 2.54. The van der Waals surface area contributed by atoms with E-state index < -0.39 is 5.82 Å². The molecule has 0 atom stereocenters. The van der Waals surface area contributed by atoms with Crippen molar-refractivity contribution in [3.8, 4) is 17.2 Å². The topological polar surface area (TPSA) is 23.8 Å². The molecule has 0 saturated heterocycles. The number of hydrogen-bond donors (Lipinski definition) is 0. The summed E-state index contributed by atoms with van der Waals surface area (Å²) in [5.74, 6) is -0.491. The minimum Gasteiger partial charge on any atom is -0.204 e. The van der Waals surface area contributed by atoms with E-state index >= 15 is 0 Å². The number of aryl methyl sites for hydroxylation is 1. The minimum atomic E-state index is -0.491. The van der Waals surface area contributed by atoms with Crippen LogP contribution in [0.15, 0.2) is 30.3 Å². The van der Waals surface area contributed by atoms with Crippen LogP contribution in [0.2, 0.25) is 0 Å². The maximum atomic E-state index is 13.9. The summed E-state index contributed by atoms with van der Waals surface area (Å²) in [6.45, 7) is 2.18. The molecule has 21 heavy (non-hydrogen) atoms. The summed E-state index contributed by atoms with van der Waals surface area (Å²) in [5, 5.41) is 9.93. The van der Waals surface area contributed by atoms with Gasteiger partial charge in [-0.2, -0.15) is 5.26 Å². The highest BCUT2D eigenvalue weighted by atomic mass is 19.1. The van der Waals surface area contributed by atoms with Crippen LogP contribution >= 0.6 is 0 Å². The SMILES string of the molecule is CCCCc1ccc(-c2cc3c#cc2c(C#N)c3F)cc1. The number of unbranched alkanes of at least 4 members (excludes halogenated alkanes) is 1. The van der Waals surface area contributed by atoms with Gasteiger partial charge in [-0.3, -0.25) is 0 Å². The number of nitriles is 1. The van der Waals surface area contributed by atoms with Crippen molar-refractivity contribution in [2.45, 2.75) is 26.2 Å². The predicted octanol–water partition coefficient (Wildman–Crippen LogP) is 4.90. The fourth-order valence-corrected chi connectivity index (χ4v) is 2.57. The van der Waals surface area contributed by atoms with E-state index in [0.717, 1.165) is 17.5 Å². The molecule has 0 N–H and O–H groups in total. The van der Waals surface area contributed by atoms with Crippen molar-refractivity contribution in [1.82, 2.24) is 0 Å². The summed E-state index contributed by atoms with van der Waals surface area (Å²) >= 11 is 0. The summed E-state index contributed by atoms with van der Waals surface area (Å²) in [6.07, 6.45) is 3.42. The van der Waals surface area contributed by atoms with Gasteiger partial charge in [0.15, 0.2) is 5.82 Å². The highest BCUT2D eigenvalue weighted by Crippen LogP contribution is 2.32. The van der Waals surface area contributed by atoms with Crippen LogP contribution in [0, 0.1) is 29.3 Å². The van der Waals surface area contributed by atoms with Gasteiger partial charge in [0.2, 0.25) is 0 Å². The number of fused-ring (bicyclic) bond motifs is 2. The Bertz CT molecular complexity index is 797. The Morgan fingerprint density at radius 3 is 2.62 bits per heavy atom. The summed E-state index contributed by atoms with van der Waals surface area (Å²) in [6, 6.07) is 17.5. The quantitative estimate of drug-likeness (QED) is 0.664. The zero-order valence-corrected chi connectivity index (χ0v) is 11.8. The van der Waals surface area contributed by atoms with Crippen molar-refractivity contribution < 1.29 is 4.39 Å². The lowest BCUT2D eigenvalue weighted by Crippen LogP contribution is -1.92. The molecule has 1 nitrogen and oxygen atoms in total. The maximum Gasteiger partial charge on any atom is 0.157 e. The molecule has 0 radical (unpaired) electrons. The Hall–Kier alpha value is -2.58. The lowest BCUT2D eigenvalue weighted by Gasteiger charge is -2.09. The number of halogens is 1. The fraction of sp³-hybridized carbons (Fsp3) is 0.211. The van der Waals surface area contributed by atoms with Crippen molar-refractivity contribution in [1.29, 1.82) is 5.26 Å². The van der Waals surface area contributed by atoms with Crippen LogP contribution < -0.4 is 0 Å². The summed E-state index contributed by atoms with van der Waals surface area (Å²) in [5.41, 5.74) is 3.20. The van der Waals surface area contributed by atoms with Crippen LogP contribution in [0.3, 0.4) is 0 Å². The highest BCUT2D eigenvalue weighted by Gasteiger charge is 2.15. The molecule has 0 spiro atoms. The molecule has 0 fully saturated rings. The third-order valence-corrected chi connectivity index (χ3v) is 3.78. The van der Waals surface area contributed by atoms with Crippen LogP contribution in [-0.2, 0) is 6.42 Å². The normalized spacial score (nSPS) is 10.5. The number of hydrogen-bond acceptors (Lipinski definition) is 1. The van der Waals surface area contributed by atoms with Crippen molar-refractivity contribution >= 4 is 10.8 Å². The summed E-state index contributed by atoms with van der Waals surface area (Å²) < 4.78 is 13.9. The molecule has 0 heterocycles. The Labute approximate surface area is 124 Å². The van der Waals surface area contributed by atoms with Gasteiger partial charge in [-0.25, -0.2) is 4.39 Å². The van der Waals surface area contributed by atoms with Gasteiger partial charge in [-0.1, -0.05) is 49.7 Å². The lowest BCUT2D eigenvalue weighted by atomic mass is 9.94. The Balaban J connectivity index is 2.03. The summed E-state index contributed by atoms with van der Waals surface area (Å²) in [4.78, 5) is 0. The van der Waals surface area contributed by atoms with E-state index in [-0.39, 0.29) is 5.56 Å². The molecule has 0 aliphatic rings. The van der Waals surface area contributed by atoms with Gasteiger partial charge >= 0.3 is 0 Å². The molecule has 0 aromatic heterocycles. The van der Waals surface area contributed by atoms with Crippen molar-refractivity contribution in [3.63, 3.8) is 0 Å². The summed E-state index contributed by atoms with van der Waals surface area (Å²) in [7, 11) is 0. The molecule has 4 rings (SSSR count). The first-order chi connectivity index (χ1) is 10.2. The van der Waals surface area contributed by atoms with Crippen molar-refractivity contribution in [2.24, 2.45) is 0 Å². The first-order valence-corrected chi connectivity index (χ1v) is 7.12. The molecular formula is C19H14FN. The molecule has 4 aromatic rings. The second-order valence-corrected chi connectivity index (χ2v) is 5.20. The molecular weight excluding hydrogens is 261 g/mol. The number of rotatable bonds is 4. The van der Waals surface area contributed by atoms with Crippen LogP contribution in [-0.4, -0.2) is 0 Å². The second kappa shape index (κ2) is 5.43. The fourth-order valence-electron chi connectivity index (χ4n) is 2.57. The lowest BCUT2D eigenvalue weighted by molar-refractivity contribution is 0.636. The first-order valence-electron chi connectivity index (χ1n) is 7.12. The molecule has 0 unspecified atom stereocenters. The zero-order valence-electron chi connectivity index (χ0n) is 11.8. The van der Waals surface area contributed by atoms with Gasteiger partial charge in [-0.15, -0.1) is 0 Å². The molecule has 2 bridgehead atoms. The van der Waals surface area contributed by atoms with E-state index in [1.54, 1.807) is 6.07 Å². The Kier molecular flexibility index (Phi) is 3.46. The van der Waals surface area contributed by atoms with Gasteiger partial charge in [0, 0.05) is 5.56 Å². The molecule has 2 heteroatoms. The van der Waals surface area contributed by atoms with Gasteiger partial charge < -0.3 is 0 Å². The third kappa shape index (κ3) is 2.30. The van der Waals surface area contributed by atoms with Crippen LogP contribution in [0.1, 0.15) is 30.9 Å². The molecule has 0 aliphatic carbocycles. The van der Waals surface area contributed by atoms with Gasteiger partial charge in [0.05, 0.1) is 10.8 Å². The van der Waals surface area contributed by atoms with E-state index in [4.69, 9.17) is 5.26 Å².